The predicted molar refractivity (Wildman–Crippen MR) is 158 cm³/mol. The van der Waals surface area contributed by atoms with Gasteiger partial charge in [-0.15, -0.1) is 0 Å². The van der Waals surface area contributed by atoms with Crippen molar-refractivity contribution in [2.75, 3.05) is 89.7 Å². The lowest BCUT2D eigenvalue weighted by Crippen LogP contribution is -2.61. The molecule has 0 radical (unpaired) electrons. The van der Waals surface area contributed by atoms with E-state index in [1.807, 2.05) is 65.1 Å². The molecule has 1 saturated heterocycles. The van der Waals surface area contributed by atoms with Crippen molar-refractivity contribution in [2.45, 2.75) is 64.8 Å². The summed E-state index contributed by atoms with van der Waals surface area (Å²) in [5.41, 5.74) is -0.960. The second-order valence-corrected chi connectivity index (χ2v) is 13.7. The van der Waals surface area contributed by atoms with Crippen LogP contribution in [0.4, 0.5) is 9.59 Å². The number of hydrogen-bond donors (Lipinski definition) is 2. The third-order valence-corrected chi connectivity index (χ3v) is 7.44. The van der Waals surface area contributed by atoms with Crippen LogP contribution in [0.15, 0.2) is 0 Å². The highest BCUT2D eigenvalue weighted by Crippen LogP contribution is 2.18. The molecule has 2 N–H and O–H groups in total. The van der Waals surface area contributed by atoms with E-state index in [4.69, 9.17) is 18.9 Å². The summed E-state index contributed by atoms with van der Waals surface area (Å²) in [6, 6.07) is 0.653. The zero-order valence-electron chi connectivity index (χ0n) is 24.8. The molecular formula is C26H52N4O6S2. The topological polar surface area (TPSA) is 102 Å². The molecule has 1 aliphatic heterocycles. The summed E-state index contributed by atoms with van der Waals surface area (Å²) >= 11 is 3.66. The number of carbonyl (C=O) groups is 2. The van der Waals surface area contributed by atoms with Crippen LogP contribution in [0.25, 0.3) is 0 Å². The molecular weight excluding hydrogens is 528 g/mol. The first-order valence-corrected chi connectivity index (χ1v) is 15.7. The average Bonchev–Trinajstić information content (AvgIpc) is 2.78. The molecule has 2 atom stereocenters. The van der Waals surface area contributed by atoms with E-state index in [1.54, 1.807) is 14.2 Å². The van der Waals surface area contributed by atoms with Crippen molar-refractivity contribution in [1.82, 2.24) is 20.4 Å². The minimum atomic E-state index is -0.480. The van der Waals surface area contributed by atoms with Crippen LogP contribution in [0, 0.1) is 0 Å². The molecule has 12 heteroatoms. The Morgan fingerprint density at radius 1 is 0.711 bits per heavy atom. The Labute approximate surface area is 238 Å². The lowest BCUT2D eigenvalue weighted by molar-refractivity contribution is -0.0233. The van der Waals surface area contributed by atoms with Crippen LogP contribution in [0.5, 0.6) is 0 Å². The van der Waals surface area contributed by atoms with Gasteiger partial charge >= 0.3 is 12.2 Å². The maximum absolute atomic E-state index is 11.8. The van der Waals surface area contributed by atoms with Gasteiger partial charge in [-0.3, -0.25) is 9.80 Å². The van der Waals surface area contributed by atoms with Crippen molar-refractivity contribution in [3.8, 4) is 0 Å². The van der Waals surface area contributed by atoms with Crippen LogP contribution in [-0.2, 0) is 18.9 Å². The average molecular weight is 581 g/mol. The summed E-state index contributed by atoms with van der Waals surface area (Å²) in [6.45, 7) is 17.5. The van der Waals surface area contributed by atoms with Crippen molar-refractivity contribution in [2.24, 2.45) is 0 Å². The fraction of sp³-hybridized carbons (Fsp3) is 0.923. The number of alkyl carbamates (subject to hydrolysis) is 2. The van der Waals surface area contributed by atoms with Crippen LogP contribution in [0.2, 0.25) is 0 Å². The fourth-order valence-electron chi connectivity index (χ4n) is 3.97. The Morgan fingerprint density at radius 2 is 1.08 bits per heavy atom. The largest absolute Gasteiger partial charge is 0.444 e. The number of methoxy groups -OCH3 is 2. The van der Waals surface area contributed by atoms with E-state index in [-0.39, 0.29) is 12.2 Å². The van der Waals surface area contributed by atoms with E-state index in [9.17, 15) is 9.59 Å². The monoisotopic (exact) mass is 580 g/mol. The quantitative estimate of drug-likeness (QED) is 0.265. The highest BCUT2D eigenvalue weighted by atomic mass is 32.2. The number of amides is 2. The first-order valence-electron chi connectivity index (χ1n) is 13.4. The lowest BCUT2D eigenvalue weighted by Gasteiger charge is -2.46. The van der Waals surface area contributed by atoms with Gasteiger partial charge < -0.3 is 29.6 Å². The number of rotatable bonds is 16. The van der Waals surface area contributed by atoms with Gasteiger partial charge in [-0.25, -0.2) is 9.59 Å². The smallest absolute Gasteiger partial charge is 0.407 e. The van der Waals surface area contributed by atoms with Crippen molar-refractivity contribution in [3.05, 3.63) is 0 Å². The molecule has 38 heavy (non-hydrogen) atoms. The third kappa shape index (κ3) is 16.9. The van der Waals surface area contributed by atoms with Crippen molar-refractivity contribution < 1.29 is 28.5 Å². The van der Waals surface area contributed by atoms with Gasteiger partial charge in [0.1, 0.15) is 11.2 Å². The highest BCUT2D eigenvalue weighted by molar-refractivity contribution is 7.99. The molecule has 1 rings (SSSR count). The number of ether oxygens (including phenoxy) is 4. The summed E-state index contributed by atoms with van der Waals surface area (Å²) in [4.78, 5) is 28.6. The van der Waals surface area contributed by atoms with E-state index in [2.05, 4.69) is 20.4 Å². The molecule has 0 bridgehead atoms. The normalized spacial score (nSPS) is 19.3. The van der Waals surface area contributed by atoms with Crippen LogP contribution < -0.4 is 10.6 Å². The molecule has 0 saturated carbocycles. The standard InChI is InChI=1S/C26H52N4O6S2/c1-25(2,3)35-23(31)27-9-13-37-15-11-29-17-22(20-34-8)30(18-21(29)19-33-7)12-16-38-14-10-28-24(32)36-26(4,5)6/h21-22H,9-20H2,1-8H3,(H,27,31)(H,28,32). The van der Waals surface area contributed by atoms with Crippen molar-refractivity contribution in [3.63, 3.8) is 0 Å². The van der Waals surface area contributed by atoms with E-state index < -0.39 is 11.2 Å². The van der Waals surface area contributed by atoms with Gasteiger partial charge in [0.2, 0.25) is 0 Å². The van der Waals surface area contributed by atoms with Gasteiger partial charge in [-0.2, -0.15) is 23.5 Å². The number of carbonyl (C=O) groups excluding carboxylic acids is 2. The molecule has 1 fully saturated rings. The van der Waals surface area contributed by atoms with Crippen LogP contribution in [-0.4, -0.2) is 135 Å². The second-order valence-electron chi connectivity index (χ2n) is 11.3. The van der Waals surface area contributed by atoms with Crippen molar-refractivity contribution in [1.29, 1.82) is 0 Å². The maximum atomic E-state index is 11.8. The van der Waals surface area contributed by atoms with Gasteiger partial charge in [0, 0.05) is 88.6 Å². The molecule has 0 aliphatic carbocycles. The minimum absolute atomic E-state index is 0.326. The molecule has 0 spiro atoms. The molecule has 2 amide bonds. The van der Waals surface area contributed by atoms with Crippen LogP contribution >= 0.6 is 23.5 Å². The Morgan fingerprint density at radius 3 is 1.39 bits per heavy atom. The van der Waals surface area contributed by atoms with Crippen molar-refractivity contribution >= 4 is 35.7 Å². The molecule has 10 nitrogen and oxygen atoms in total. The van der Waals surface area contributed by atoms with Gasteiger partial charge in [0.15, 0.2) is 0 Å². The molecule has 0 aromatic heterocycles. The summed E-state index contributed by atoms with van der Waals surface area (Å²) in [6.07, 6.45) is -0.733. The number of thioether (sulfide) groups is 2. The summed E-state index contributed by atoms with van der Waals surface area (Å²) < 4.78 is 21.7. The van der Waals surface area contributed by atoms with Gasteiger partial charge in [-0.1, -0.05) is 0 Å². The van der Waals surface area contributed by atoms with E-state index >= 15 is 0 Å². The maximum Gasteiger partial charge on any atom is 0.407 e. The fourth-order valence-corrected chi connectivity index (χ4v) is 5.59. The number of hydrogen-bond acceptors (Lipinski definition) is 10. The molecule has 2 unspecified atom stereocenters. The van der Waals surface area contributed by atoms with E-state index in [0.29, 0.717) is 38.4 Å². The molecule has 1 aliphatic rings. The zero-order chi connectivity index (χ0) is 28.6. The highest BCUT2D eigenvalue weighted by Gasteiger charge is 2.33. The van der Waals surface area contributed by atoms with E-state index in [1.165, 1.54) is 0 Å². The molecule has 0 aromatic rings. The number of nitrogens with one attached hydrogen (secondary N) is 2. The molecule has 224 valence electrons. The second kappa shape index (κ2) is 18.4. The Kier molecular flexibility index (Phi) is 17.0. The summed E-state index contributed by atoms with van der Waals surface area (Å²) in [5, 5.41) is 5.63. The van der Waals surface area contributed by atoms with E-state index in [0.717, 1.165) is 49.2 Å². The Balaban J connectivity index is 2.39. The van der Waals surface area contributed by atoms with Crippen LogP contribution in [0.1, 0.15) is 41.5 Å². The Hall–Kier alpha value is -0.920. The van der Waals surface area contributed by atoms with Gasteiger partial charge in [-0.05, 0) is 41.5 Å². The SMILES string of the molecule is COCC1CN(CCSCCNC(=O)OC(C)(C)C)C(COC)CN1CCSCCNC(=O)OC(C)(C)C. The lowest BCUT2D eigenvalue weighted by atomic mass is 10.1. The minimum Gasteiger partial charge on any atom is -0.444 e. The van der Waals surface area contributed by atoms with Crippen LogP contribution in [0.3, 0.4) is 0 Å². The number of piperazine rings is 1. The third-order valence-electron chi connectivity index (χ3n) is 5.52. The first kappa shape index (κ1) is 35.1. The molecule has 0 aromatic carbocycles. The summed E-state index contributed by atoms with van der Waals surface area (Å²) in [7, 11) is 3.52. The first-order chi connectivity index (χ1) is 17.8. The van der Waals surface area contributed by atoms with Gasteiger partial charge in [0.05, 0.1) is 13.2 Å². The summed E-state index contributed by atoms with van der Waals surface area (Å²) in [5.74, 6) is 3.65. The predicted octanol–water partition coefficient (Wildman–Crippen LogP) is 3.15. The number of nitrogens with zero attached hydrogens (tertiary/aromatic N) is 2. The van der Waals surface area contributed by atoms with Gasteiger partial charge in [0.25, 0.3) is 0 Å². The Bertz CT molecular complexity index is 619. The molecule has 1 heterocycles. The zero-order valence-corrected chi connectivity index (χ0v) is 26.4.